The molecule has 3 aromatic rings. The van der Waals surface area contributed by atoms with Crippen LogP contribution < -0.4 is 5.32 Å². The number of nitrogens with one attached hydrogen (secondary N) is 1. The van der Waals surface area contributed by atoms with Crippen molar-refractivity contribution in [3.05, 3.63) is 47.9 Å². The molecule has 12 heteroatoms. The predicted molar refractivity (Wildman–Crippen MR) is 180 cm³/mol. The number of benzene rings is 1. The summed E-state index contributed by atoms with van der Waals surface area (Å²) in [6.07, 6.45) is 9.07. The number of ether oxygens (including phenoxy) is 1. The van der Waals surface area contributed by atoms with Gasteiger partial charge in [0.25, 0.3) is 11.8 Å². The summed E-state index contributed by atoms with van der Waals surface area (Å²) in [5.74, 6) is -0.839. The Morgan fingerprint density at radius 1 is 0.979 bits per heavy atom. The average Bonchev–Trinajstić information content (AvgIpc) is 3.70. The van der Waals surface area contributed by atoms with Crippen LogP contribution in [0.1, 0.15) is 63.9 Å². The number of piperidine rings is 1. The van der Waals surface area contributed by atoms with E-state index in [9.17, 15) is 14.4 Å². The highest BCUT2D eigenvalue weighted by Crippen LogP contribution is 2.33. The molecule has 0 saturated carbocycles. The molecule has 3 aliphatic rings. The van der Waals surface area contributed by atoms with Crippen molar-refractivity contribution >= 4 is 34.3 Å². The maximum atomic E-state index is 13.8. The highest BCUT2D eigenvalue weighted by atomic mass is 16.5. The monoisotopic (exact) mass is 642 g/mol. The van der Waals surface area contributed by atoms with Gasteiger partial charge in [-0.15, -0.1) is 0 Å². The van der Waals surface area contributed by atoms with Gasteiger partial charge in [0.05, 0.1) is 55.2 Å². The highest BCUT2D eigenvalue weighted by Gasteiger charge is 2.32. The summed E-state index contributed by atoms with van der Waals surface area (Å²) in [7, 11) is 0. The van der Waals surface area contributed by atoms with Gasteiger partial charge in [0.2, 0.25) is 5.91 Å². The Bertz CT molecular complexity index is 1710. The maximum Gasteiger partial charge on any atom is 0.254 e. The summed E-state index contributed by atoms with van der Waals surface area (Å²) in [5.41, 5.74) is 4.27. The Labute approximate surface area is 275 Å². The second-order valence-corrected chi connectivity index (χ2v) is 14.0. The van der Waals surface area contributed by atoms with Gasteiger partial charge in [-0.3, -0.25) is 28.6 Å². The lowest BCUT2D eigenvalue weighted by molar-refractivity contribution is -0.140. The Hall–Kier alpha value is -4.16. The average molecular weight is 643 g/mol. The largest absolute Gasteiger partial charge is 0.379 e. The minimum Gasteiger partial charge on any atom is -0.379 e. The first kappa shape index (κ1) is 32.8. The fourth-order valence-corrected chi connectivity index (χ4v) is 6.73. The van der Waals surface area contributed by atoms with E-state index in [1.807, 2.05) is 66.5 Å². The lowest BCUT2D eigenvalue weighted by Gasteiger charge is -2.36. The minimum absolute atomic E-state index is 0.0904. The highest BCUT2D eigenvalue weighted by molar-refractivity contribution is 6.09. The molecule has 1 atom stereocenters. The van der Waals surface area contributed by atoms with Gasteiger partial charge in [-0.1, -0.05) is 26.3 Å². The molecule has 0 spiro atoms. The number of nitrogens with zero attached hydrogens (tertiary/aromatic N) is 7. The fraction of sp³-hybridized carbons (Fsp3) is 0.543. The van der Waals surface area contributed by atoms with Crippen LogP contribution in [0.25, 0.3) is 22.0 Å². The van der Waals surface area contributed by atoms with Crippen LogP contribution in [0.3, 0.4) is 0 Å². The van der Waals surface area contributed by atoms with E-state index in [1.54, 1.807) is 13.1 Å². The van der Waals surface area contributed by atoms with Gasteiger partial charge in [0.1, 0.15) is 0 Å². The molecule has 47 heavy (non-hydrogen) atoms. The SMILES string of the molecule is CC1=CC(C)=NC(=O)C1CNC(=O)c1cc(-c2cnn(CCN3CCOCC3)c2)cc2c1cnn2C1CCN(C(=O)C(C)(C)C)CC1. The van der Waals surface area contributed by atoms with Crippen LogP contribution >= 0.6 is 0 Å². The van der Waals surface area contributed by atoms with Gasteiger partial charge >= 0.3 is 0 Å². The van der Waals surface area contributed by atoms with E-state index in [-0.39, 0.29) is 30.3 Å². The standard InChI is InChI=1S/C35H46N8O4/c1-23-16-24(2)39-33(45)29(23)20-36-32(44)28-17-25(26-19-37-42(22-26)11-10-40-12-14-47-15-13-40)18-31-30(28)21-38-43(31)27-6-8-41(9-7-27)34(46)35(3,4)5/h16-19,21-22,27,29H,6-15,20H2,1-5H3,(H,36,44). The molecule has 1 unspecified atom stereocenters. The molecule has 6 rings (SSSR count). The number of likely N-dealkylation sites (tertiary alicyclic amines) is 1. The number of allylic oxidation sites excluding steroid dienone is 1. The van der Waals surface area contributed by atoms with Gasteiger partial charge in [0, 0.05) is 67.5 Å². The van der Waals surface area contributed by atoms with Crippen LogP contribution in [0.4, 0.5) is 0 Å². The number of carbonyl (C=O) groups is 3. The Kier molecular flexibility index (Phi) is 9.43. The van der Waals surface area contributed by atoms with Crippen LogP contribution in [0.15, 0.2) is 47.4 Å². The fourth-order valence-electron chi connectivity index (χ4n) is 6.73. The second-order valence-electron chi connectivity index (χ2n) is 14.0. The Morgan fingerprint density at radius 3 is 2.43 bits per heavy atom. The van der Waals surface area contributed by atoms with Gasteiger partial charge in [-0.2, -0.15) is 10.2 Å². The number of aromatic nitrogens is 4. The third kappa shape index (κ3) is 7.23. The number of hydrogen-bond acceptors (Lipinski definition) is 7. The predicted octanol–water partition coefficient (Wildman–Crippen LogP) is 3.74. The number of morpholine rings is 1. The van der Waals surface area contributed by atoms with Crippen molar-refractivity contribution in [1.29, 1.82) is 0 Å². The number of amides is 3. The first-order valence-electron chi connectivity index (χ1n) is 16.7. The lowest BCUT2D eigenvalue weighted by Crippen LogP contribution is -2.44. The molecule has 250 valence electrons. The first-order valence-corrected chi connectivity index (χ1v) is 16.7. The van der Waals surface area contributed by atoms with E-state index in [4.69, 9.17) is 9.84 Å². The first-order chi connectivity index (χ1) is 22.5. The summed E-state index contributed by atoms with van der Waals surface area (Å²) in [6, 6.07) is 4.07. The smallest absolute Gasteiger partial charge is 0.254 e. The molecule has 0 bridgehead atoms. The summed E-state index contributed by atoms with van der Waals surface area (Å²) >= 11 is 0. The molecule has 3 amide bonds. The topological polar surface area (TPSA) is 127 Å². The molecule has 12 nitrogen and oxygen atoms in total. The number of carbonyl (C=O) groups excluding carboxylic acids is 3. The van der Waals surface area contributed by atoms with Crippen molar-refractivity contribution in [2.75, 3.05) is 52.5 Å². The van der Waals surface area contributed by atoms with Crippen molar-refractivity contribution < 1.29 is 19.1 Å². The lowest BCUT2D eigenvalue weighted by atomic mass is 9.93. The van der Waals surface area contributed by atoms with Crippen LogP contribution in [-0.4, -0.2) is 105 Å². The minimum atomic E-state index is -0.491. The van der Waals surface area contributed by atoms with Crippen LogP contribution in [0, 0.1) is 11.3 Å². The zero-order chi connectivity index (χ0) is 33.3. The van der Waals surface area contributed by atoms with Crippen LogP contribution in [0.2, 0.25) is 0 Å². The molecule has 1 N–H and O–H groups in total. The number of rotatable bonds is 8. The molecule has 2 aromatic heterocycles. The normalized spacial score (nSPS) is 20.0. The number of hydrogen-bond donors (Lipinski definition) is 1. The van der Waals surface area contributed by atoms with Crippen molar-refractivity contribution in [3.63, 3.8) is 0 Å². The molecule has 5 heterocycles. The van der Waals surface area contributed by atoms with Crippen LogP contribution in [0.5, 0.6) is 0 Å². The van der Waals surface area contributed by atoms with Crippen molar-refractivity contribution in [2.24, 2.45) is 16.3 Å². The molecular weight excluding hydrogens is 596 g/mol. The summed E-state index contributed by atoms with van der Waals surface area (Å²) in [5, 5.41) is 13.2. The number of fused-ring (bicyclic) bond motifs is 1. The van der Waals surface area contributed by atoms with Gasteiger partial charge < -0.3 is 15.0 Å². The number of dihydropyridines is 1. The third-order valence-electron chi connectivity index (χ3n) is 9.45. The van der Waals surface area contributed by atoms with E-state index < -0.39 is 11.3 Å². The Balaban J connectivity index is 1.27. The number of aliphatic imine (C=N–C) groups is 1. The van der Waals surface area contributed by atoms with Gasteiger partial charge in [-0.25, -0.2) is 4.99 Å². The van der Waals surface area contributed by atoms with E-state index in [1.165, 1.54) is 0 Å². The molecule has 3 aliphatic heterocycles. The molecule has 0 radical (unpaired) electrons. The molecule has 2 saturated heterocycles. The third-order valence-corrected chi connectivity index (χ3v) is 9.45. The summed E-state index contributed by atoms with van der Waals surface area (Å²) in [6.45, 7) is 16.0. The molecule has 0 aliphatic carbocycles. The quantitative estimate of drug-likeness (QED) is 0.397. The van der Waals surface area contributed by atoms with E-state index >= 15 is 0 Å². The molecular formula is C35H46N8O4. The second kappa shape index (κ2) is 13.5. The van der Waals surface area contributed by atoms with Crippen molar-refractivity contribution in [2.45, 2.75) is 60.0 Å². The maximum absolute atomic E-state index is 13.8. The zero-order valence-corrected chi connectivity index (χ0v) is 28.2. The zero-order valence-electron chi connectivity index (χ0n) is 28.2. The van der Waals surface area contributed by atoms with E-state index in [0.717, 1.165) is 79.8 Å². The van der Waals surface area contributed by atoms with Gasteiger partial charge in [0.15, 0.2) is 0 Å². The van der Waals surface area contributed by atoms with Crippen LogP contribution in [-0.2, 0) is 20.9 Å². The Morgan fingerprint density at radius 2 is 1.72 bits per heavy atom. The van der Waals surface area contributed by atoms with E-state index in [0.29, 0.717) is 24.4 Å². The summed E-state index contributed by atoms with van der Waals surface area (Å²) < 4.78 is 9.44. The van der Waals surface area contributed by atoms with Crippen molar-refractivity contribution in [1.82, 2.24) is 34.7 Å². The summed E-state index contributed by atoms with van der Waals surface area (Å²) in [4.78, 5) is 47.8. The van der Waals surface area contributed by atoms with Crippen molar-refractivity contribution in [3.8, 4) is 11.1 Å². The molecule has 2 fully saturated rings. The van der Waals surface area contributed by atoms with E-state index in [2.05, 4.69) is 26.4 Å². The van der Waals surface area contributed by atoms with Gasteiger partial charge in [-0.05, 0) is 50.5 Å². The molecule has 1 aromatic carbocycles.